The zero-order chi connectivity index (χ0) is 15.5. The molecule has 1 aromatic carbocycles. The monoisotopic (exact) mass is 296 g/mol. The van der Waals surface area contributed by atoms with Gasteiger partial charge in [0.2, 0.25) is 0 Å². The van der Waals surface area contributed by atoms with Crippen molar-refractivity contribution in [3.63, 3.8) is 0 Å². The Labute approximate surface area is 120 Å². The molecule has 112 valence electrons. The lowest BCUT2D eigenvalue weighted by Gasteiger charge is -2.11. The van der Waals surface area contributed by atoms with Crippen molar-refractivity contribution in [3.05, 3.63) is 41.7 Å². The lowest BCUT2D eigenvalue weighted by Crippen LogP contribution is -2.06. The Morgan fingerprint density at radius 2 is 1.81 bits per heavy atom. The molecule has 21 heavy (non-hydrogen) atoms. The van der Waals surface area contributed by atoms with E-state index in [1.165, 1.54) is 6.07 Å². The molecule has 7 heteroatoms. The van der Waals surface area contributed by atoms with Gasteiger partial charge in [-0.15, -0.1) is 0 Å². The highest BCUT2D eigenvalue weighted by Gasteiger charge is 2.30. The Kier molecular flexibility index (Phi) is 4.30. The van der Waals surface area contributed by atoms with E-state index in [4.69, 9.17) is 0 Å². The number of halogens is 3. The molecule has 0 aliphatic heterocycles. The third kappa shape index (κ3) is 4.08. The molecule has 0 spiro atoms. The van der Waals surface area contributed by atoms with Crippen LogP contribution in [-0.4, -0.2) is 16.5 Å². The molecule has 1 aromatic heterocycles. The summed E-state index contributed by atoms with van der Waals surface area (Å²) < 4.78 is 38.0. The second-order valence-corrected chi connectivity index (χ2v) is 4.42. The molecule has 0 amide bonds. The lowest BCUT2D eigenvalue weighted by atomic mass is 10.2. The molecule has 0 fully saturated rings. The van der Waals surface area contributed by atoms with Crippen molar-refractivity contribution in [1.82, 2.24) is 9.97 Å². The maximum Gasteiger partial charge on any atom is 0.416 e. The van der Waals surface area contributed by atoms with E-state index in [1.807, 2.05) is 6.92 Å². The standard InChI is InChI=1S/C14H15F3N4/c1-3-18-12-8-13(20-9(2)19-12)21-11-6-4-5-10(7-11)14(15,16)17/h4-8H,3H2,1-2H3,(H2,18,19,20,21). The zero-order valence-corrected chi connectivity index (χ0v) is 11.6. The number of aromatic nitrogens is 2. The van der Waals surface area contributed by atoms with Gasteiger partial charge in [-0.1, -0.05) is 6.07 Å². The van der Waals surface area contributed by atoms with Crippen molar-refractivity contribution in [3.8, 4) is 0 Å². The number of nitrogens with zero attached hydrogens (tertiary/aromatic N) is 2. The Hall–Kier alpha value is -2.31. The van der Waals surface area contributed by atoms with Crippen molar-refractivity contribution in [2.75, 3.05) is 17.2 Å². The predicted octanol–water partition coefficient (Wildman–Crippen LogP) is 3.98. The molecule has 0 saturated carbocycles. The van der Waals surface area contributed by atoms with Crippen LogP contribution in [0.2, 0.25) is 0 Å². The minimum absolute atomic E-state index is 0.324. The summed E-state index contributed by atoms with van der Waals surface area (Å²) in [4.78, 5) is 8.34. The second-order valence-electron chi connectivity index (χ2n) is 4.42. The molecule has 0 radical (unpaired) electrons. The minimum Gasteiger partial charge on any atom is -0.370 e. The Balaban J connectivity index is 2.26. The third-order valence-corrected chi connectivity index (χ3v) is 2.66. The first-order chi connectivity index (χ1) is 9.88. The summed E-state index contributed by atoms with van der Waals surface area (Å²) in [6, 6.07) is 6.63. The topological polar surface area (TPSA) is 49.8 Å². The van der Waals surface area contributed by atoms with Crippen LogP contribution in [0.15, 0.2) is 30.3 Å². The van der Waals surface area contributed by atoms with E-state index in [0.717, 1.165) is 12.1 Å². The predicted molar refractivity (Wildman–Crippen MR) is 75.7 cm³/mol. The average Bonchev–Trinajstić information content (AvgIpc) is 2.37. The van der Waals surface area contributed by atoms with Gasteiger partial charge in [-0.2, -0.15) is 13.2 Å². The number of benzene rings is 1. The van der Waals surface area contributed by atoms with Gasteiger partial charge in [0.25, 0.3) is 0 Å². The molecule has 1 heterocycles. The van der Waals surface area contributed by atoms with Gasteiger partial charge in [-0.3, -0.25) is 0 Å². The summed E-state index contributed by atoms with van der Waals surface area (Å²) >= 11 is 0. The smallest absolute Gasteiger partial charge is 0.370 e. The molecule has 2 rings (SSSR count). The largest absolute Gasteiger partial charge is 0.416 e. The third-order valence-electron chi connectivity index (χ3n) is 2.66. The van der Waals surface area contributed by atoms with Gasteiger partial charge in [0.05, 0.1) is 5.56 Å². The van der Waals surface area contributed by atoms with Gasteiger partial charge in [-0.25, -0.2) is 9.97 Å². The molecule has 0 aliphatic carbocycles. The number of nitrogens with one attached hydrogen (secondary N) is 2. The van der Waals surface area contributed by atoms with Gasteiger partial charge < -0.3 is 10.6 Å². The summed E-state index contributed by atoms with van der Waals surface area (Å²) in [5, 5.41) is 5.90. The Bertz CT molecular complexity index is 626. The summed E-state index contributed by atoms with van der Waals surface area (Å²) in [6.07, 6.45) is -4.37. The summed E-state index contributed by atoms with van der Waals surface area (Å²) in [7, 11) is 0. The van der Waals surface area contributed by atoms with Crippen LogP contribution in [0.3, 0.4) is 0 Å². The molecule has 2 N–H and O–H groups in total. The van der Waals surface area contributed by atoms with Crippen LogP contribution in [0.25, 0.3) is 0 Å². The van der Waals surface area contributed by atoms with E-state index >= 15 is 0 Å². The Morgan fingerprint density at radius 3 is 2.48 bits per heavy atom. The summed E-state index contributed by atoms with van der Waals surface area (Å²) in [5.74, 6) is 1.60. The minimum atomic E-state index is -4.37. The molecule has 2 aromatic rings. The number of aryl methyl sites for hydroxylation is 1. The molecule has 0 unspecified atom stereocenters. The second kappa shape index (κ2) is 5.99. The van der Waals surface area contributed by atoms with E-state index in [0.29, 0.717) is 29.7 Å². The van der Waals surface area contributed by atoms with Crippen molar-refractivity contribution in [1.29, 1.82) is 0 Å². The normalized spacial score (nSPS) is 11.3. The SMILES string of the molecule is CCNc1cc(Nc2cccc(C(F)(F)F)c2)nc(C)n1. The molecular formula is C14H15F3N4. The summed E-state index contributed by atoms with van der Waals surface area (Å²) in [6.45, 7) is 4.34. The highest BCUT2D eigenvalue weighted by atomic mass is 19.4. The van der Waals surface area contributed by atoms with E-state index < -0.39 is 11.7 Å². The average molecular weight is 296 g/mol. The van der Waals surface area contributed by atoms with Crippen LogP contribution in [0, 0.1) is 6.92 Å². The van der Waals surface area contributed by atoms with Crippen LogP contribution in [0.4, 0.5) is 30.5 Å². The fourth-order valence-corrected chi connectivity index (χ4v) is 1.82. The number of hydrogen-bond acceptors (Lipinski definition) is 4. The first-order valence-corrected chi connectivity index (χ1v) is 6.42. The van der Waals surface area contributed by atoms with Crippen LogP contribution < -0.4 is 10.6 Å². The quantitative estimate of drug-likeness (QED) is 0.896. The van der Waals surface area contributed by atoms with Crippen LogP contribution in [-0.2, 0) is 6.18 Å². The molecule has 0 bridgehead atoms. The molecule has 0 atom stereocenters. The number of rotatable bonds is 4. The van der Waals surface area contributed by atoms with Crippen molar-refractivity contribution in [2.45, 2.75) is 20.0 Å². The maximum absolute atomic E-state index is 12.7. The first kappa shape index (κ1) is 15.1. The number of hydrogen-bond donors (Lipinski definition) is 2. The van der Waals surface area contributed by atoms with Gasteiger partial charge >= 0.3 is 6.18 Å². The van der Waals surface area contributed by atoms with Gasteiger partial charge in [0.1, 0.15) is 17.5 Å². The van der Waals surface area contributed by atoms with E-state index in [9.17, 15) is 13.2 Å². The van der Waals surface area contributed by atoms with E-state index in [-0.39, 0.29) is 0 Å². The zero-order valence-electron chi connectivity index (χ0n) is 11.6. The molecule has 4 nitrogen and oxygen atoms in total. The van der Waals surface area contributed by atoms with E-state index in [1.54, 1.807) is 19.1 Å². The van der Waals surface area contributed by atoms with Gasteiger partial charge in [0.15, 0.2) is 0 Å². The van der Waals surface area contributed by atoms with Crippen molar-refractivity contribution < 1.29 is 13.2 Å². The summed E-state index contributed by atoms with van der Waals surface area (Å²) in [5.41, 5.74) is -0.379. The highest BCUT2D eigenvalue weighted by Crippen LogP contribution is 2.31. The first-order valence-electron chi connectivity index (χ1n) is 6.42. The Morgan fingerprint density at radius 1 is 1.10 bits per heavy atom. The fourth-order valence-electron chi connectivity index (χ4n) is 1.82. The maximum atomic E-state index is 12.7. The van der Waals surface area contributed by atoms with Crippen LogP contribution >= 0.6 is 0 Å². The van der Waals surface area contributed by atoms with Crippen LogP contribution in [0.5, 0.6) is 0 Å². The highest BCUT2D eigenvalue weighted by molar-refractivity contribution is 5.60. The fraction of sp³-hybridized carbons (Fsp3) is 0.286. The molecular weight excluding hydrogens is 281 g/mol. The van der Waals surface area contributed by atoms with Gasteiger partial charge in [-0.05, 0) is 32.0 Å². The molecule has 0 saturated heterocycles. The van der Waals surface area contributed by atoms with Crippen molar-refractivity contribution >= 4 is 17.3 Å². The van der Waals surface area contributed by atoms with Crippen molar-refractivity contribution in [2.24, 2.45) is 0 Å². The van der Waals surface area contributed by atoms with Gasteiger partial charge in [0, 0.05) is 18.3 Å². The number of alkyl halides is 3. The van der Waals surface area contributed by atoms with E-state index in [2.05, 4.69) is 20.6 Å². The molecule has 0 aliphatic rings. The lowest BCUT2D eigenvalue weighted by molar-refractivity contribution is -0.137. The van der Waals surface area contributed by atoms with Crippen LogP contribution in [0.1, 0.15) is 18.3 Å². The number of anilines is 3.